The molecule has 0 fully saturated rings. The maximum absolute atomic E-state index is 6.23. The van der Waals surface area contributed by atoms with E-state index < -0.39 is 0 Å². The number of hydrogen-bond acceptors (Lipinski definition) is 3. The highest BCUT2D eigenvalue weighted by atomic mass is 16.5. The number of aromatic nitrogens is 2. The van der Waals surface area contributed by atoms with Crippen molar-refractivity contribution in [1.29, 1.82) is 0 Å². The number of benzene rings is 1. The highest BCUT2D eigenvalue weighted by Gasteiger charge is 2.14. The Hall–Kier alpha value is -1.81. The number of nitrogens with two attached hydrogens (primary N) is 1. The smallest absolute Gasteiger partial charge is 0.0958 e. The molecule has 0 saturated carbocycles. The molecule has 2 N–H and O–H groups in total. The summed E-state index contributed by atoms with van der Waals surface area (Å²) in [5.74, 6) is 0. The highest BCUT2D eigenvalue weighted by Crippen LogP contribution is 2.18. The Balaban J connectivity index is 1.81. The van der Waals surface area contributed by atoms with Gasteiger partial charge >= 0.3 is 0 Å². The van der Waals surface area contributed by atoms with E-state index in [0.717, 1.165) is 37.0 Å². The van der Waals surface area contributed by atoms with E-state index in [1.54, 1.807) is 0 Å². The van der Waals surface area contributed by atoms with E-state index in [1.165, 1.54) is 5.57 Å². The average Bonchev–Trinajstić information content (AvgIpc) is 2.83. The lowest BCUT2D eigenvalue weighted by Gasteiger charge is -2.20. The van der Waals surface area contributed by atoms with Crippen LogP contribution < -0.4 is 5.73 Å². The molecule has 1 aliphatic rings. The van der Waals surface area contributed by atoms with Crippen LogP contribution in [0.3, 0.4) is 0 Å². The minimum atomic E-state index is 0.00269. The van der Waals surface area contributed by atoms with Crippen molar-refractivity contribution in [3.63, 3.8) is 0 Å². The molecule has 0 bridgehead atoms. The van der Waals surface area contributed by atoms with Gasteiger partial charge in [-0.1, -0.05) is 12.1 Å². The second-order valence-electron chi connectivity index (χ2n) is 4.66. The third-order valence-corrected chi connectivity index (χ3v) is 3.36. The lowest BCUT2D eigenvalue weighted by Crippen LogP contribution is -2.29. The molecule has 1 atom stereocenters. The first-order valence-electron chi connectivity index (χ1n) is 6.30. The van der Waals surface area contributed by atoms with Gasteiger partial charge in [0.2, 0.25) is 0 Å². The minimum Gasteiger partial charge on any atom is -0.501 e. The Morgan fingerprint density at radius 1 is 1.39 bits per heavy atom. The van der Waals surface area contributed by atoms with Crippen LogP contribution in [0.5, 0.6) is 0 Å². The monoisotopic (exact) mass is 243 g/mol. The summed E-state index contributed by atoms with van der Waals surface area (Å²) in [5, 5.41) is 0. The Morgan fingerprint density at radius 2 is 2.28 bits per heavy atom. The van der Waals surface area contributed by atoms with Gasteiger partial charge in [0.1, 0.15) is 0 Å². The van der Waals surface area contributed by atoms with Crippen molar-refractivity contribution in [1.82, 2.24) is 9.55 Å². The van der Waals surface area contributed by atoms with E-state index in [-0.39, 0.29) is 6.04 Å². The minimum absolute atomic E-state index is 0.00269. The van der Waals surface area contributed by atoms with Gasteiger partial charge in [-0.05, 0) is 30.5 Å². The first-order chi connectivity index (χ1) is 8.84. The van der Waals surface area contributed by atoms with Crippen LogP contribution in [0.15, 0.2) is 42.4 Å². The molecule has 0 spiro atoms. The summed E-state index contributed by atoms with van der Waals surface area (Å²) in [6.45, 7) is 1.56. The molecular formula is C14H17N3O. The summed E-state index contributed by atoms with van der Waals surface area (Å²) >= 11 is 0. The zero-order chi connectivity index (χ0) is 12.4. The molecule has 2 aromatic rings. The van der Waals surface area contributed by atoms with Gasteiger partial charge in [-0.25, -0.2) is 4.98 Å². The summed E-state index contributed by atoms with van der Waals surface area (Å²) in [5.41, 5.74) is 9.57. The van der Waals surface area contributed by atoms with E-state index in [0.29, 0.717) is 0 Å². The van der Waals surface area contributed by atoms with Crippen LogP contribution in [-0.2, 0) is 11.3 Å². The lowest BCUT2D eigenvalue weighted by molar-refractivity contribution is 0.220. The molecule has 4 nitrogen and oxygen atoms in total. The first kappa shape index (κ1) is 11.3. The van der Waals surface area contributed by atoms with Crippen molar-refractivity contribution in [3.05, 3.63) is 42.4 Å². The molecule has 1 aromatic carbocycles. The van der Waals surface area contributed by atoms with Gasteiger partial charge in [0.25, 0.3) is 0 Å². The second kappa shape index (κ2) is 4.82. The topological polar surface area (TPSA) is 53.1 Å². The molecule has 1 aromatic heterocycles. The van der Waals surface area contributed by atoms with Crippen molar-refractivity contribution in [2.75, 3.05) is 6.61 Å². The Morgan fingerprint density at radius 3 is 3.11 bits per heavy atom. The molecule has 0 saturated heterocycles. The van der Waals surface area contributed by atoms with Gasteiger partial charge in [0.15, 0.2) is 0 Å². The molecule has 0 aliphatic carbocycles. The number of nitrogens with zero attached hydrogens (tertiary/aromatic N) is 2. The zero-order valence-corrected chi connectivity index (χ0v) is 10.2. The van der Waals surface area contributed by atoms with Crippen LogP contribution in [0.4, 0.5) is 0 Å². The van der Waals surface area contributed by atoms with Gasteiger partial charge < -0.3 is 15.0 Å². The van der Waals surface area contributed by atoms with Crippen molar-refractivity contribution in [2.24, 2.45) is 5.73 Å². The third kappa shape index (κ3) is 2.11. The van der Waals surface area contributed by atoms with Crippen molar-refractivity contribution < 1.29 is 4.74 Å². The number of fused-ring (bicyclic) bond motifs is 1. The Kier molecular flexibility index (Phi) is 3.02. The summed E-state index contributed by atoms with van der Waals surface area (Å²) in [6.07, 6.45) is 5.78. The molecule has 0 radical (unpaired) electrons. The fourth-order valence-electron chi connectivity index (χ4n) is 2.34. The van der Waals surface area contributed by atoms with E-state index in [2.05, 4.69) is 15.6 Å². The van der Waals surface area contributed by atoms with Crippen molar-refractivity contribution in [2.45, 2.75) is 25.4 Å². The molecule has 2 heterocycles. The van der Waals surface area contributed by atoms with Crippen LogP contribution in [0.2, 0.25) is 0 Å². The highest BCUT2D eigenvalue weighted by molar-refractivity contribution is 5.74. The summed E-state index contributed by atoms with van der Waals surface area (Å²) in [7, 11) is 0. The molecule has 18 heavy (non-hydrogen) atoms. The molecule has 0 amide bonds. The maximum atomic E-state index is 6.23. The maximum Gasteiger partial charge on any atom is 0.0958 e. The van der Waals surface area contributed by atoms with Crippen LogP contribution >= 0.6 is 0 Å². The predicted octanol–water partition coefficient (Wildman–Crippen LogP) is 2.06. The molecule has 3 rings (SSSR count). The van der Waals surface area contributed by atoms with Crippen molar-refractivity contribution >= 4 is 11.0 Å². The SMILES string of the molecule is NC(Cn1cnc2ccccc21)C1=COCCC1. The molecular weight excluding hydrogens is 226 g/mol. The number of hydrogen-bond donors (Lipinski definition) is 1. The zero-order valence-electron chi connectivity index (χ0n) is 10.2. The summed E-state index contributed by atoms with van der Waals surface area (Å²) < 4.78 is 7.45. The molecule has 94 valence electrons. The third-order valence-electron chi connectivity index (χ3n) is 3.36. The number of rotatable bonds is 3. The molecule has 1 aliphatic heterocycles. The van der Waals surface area contributed by atoms with Gasteiger partial charge in [0, 0.05) is 12.6 Å². The number of ether oxygens (including phenoxy) is 1. The molecule has 1 unspecified atom stereocenters. The summed E-state index contributed by atoms with van der Waals surface area (Å²) in [6, 6.07) is 8.11. The Labute approximate surface area is 106 Å². The van der Waals surface area contributed by atoms with Crippen LogP contribution in [0, 0.1) is 0 Å². The van der Waals surface area contributed by atoms with Crippen molar-refractivity contribution in [3.8, 4) is 0 Å². The van der Waals surface area contributed by atoms with Crippen LogP contribution in [-0.4, -0.2) is 22.2 Å². The fraction of sp³-hybridized carbons (Fsp3) is 0.357. The average molecular weight is 243 g/mol. The summed E-state index contributed by atoms with van der Waals surface area (Å²) in [4.78, 5) is 4.37. The lowest BCUT2D eigenvalue weighted by atomic mass is 10.0. The normalized spacial score (nSPS) is 17.3. The van der Waals surface area contributed by atoms with Gasteiger partial charge in [-0.15, -0.1) is 0 Å². The Bertz CT molecular complexity index is 573. The van der Waals surface area contributed by atoms with E-state index >= 15 is 0 Å². The second-order valence-corrected chi connectivity index (χ2v) is 4.66. The van der Waals surface area contributed by atoms with E-state index in [9.17, 15) is 0 Å². The van der Waals surface area contributed by atoms with Gasteiger partial charge in [-0.2, -0.15) is 0 Å². The number of imidazole rings is 1. The first-order valence-corrected chi connectivity index (χ1v) is 6.30. The standard InChI is InChI=1S/C14H17N3O/c15-12(11-4-3-7-18-9-11)8-17-10-16-13-5-1-2-6-14(13)17/h1-2,5-6,9-10,12H,3-4,7-8,15H2. The molecule has 4 heteroatoms. The van der Waals surface area contributed by atoms with E-state index in [4.69, 9.17) is 10.5 Å². The largest absolute Gasteiger partial charge is 0.501 e. The van der Waals surface area contributed by atoms with Crippen LogP contribution in [0.1, 0.15) is 12.8 Å². The number of para-hydroxylation sites is 2. The van der Waals surface area contributed by atoms with Gasteiger partial charge in [-0.3, -0.25) is 0 Å². The predicted molar refractivity (Wildman–Crippen MR) is 71.0 cm³/mol. The van der Waals surface area contributed by atoms with Crippen LogP contribution in [0.25, 0.3) is 11.0 Å². The quantitative estimate of drug-likeness (QED) is 0.897. The fourth-order valence-corrected chi connectivity index (χ4v) is 2.34. The van der Waals surface area contributed by atoms with E-state index in [1.807, 2.05) is 30.8 Å². The van der Waals surface area contributed by atoms with Gasteiger partial charge in [0.05, 0.1) is 30.2 Å².